The third kappa shape index (κ3) is 4.81. The molecule has 1 saturated carbocycles. The fourth-order valence-electron chi connectivity index (χ4n) is 4.81. The standard InChI is InChI=1S/C30H31NO4/c1-3-4-29(33)31-18-21-7-9-23(10-8-21)25-15-22(6-5-20(25)2)16-28(32)30(13-14-30)24-11-12-26-27(17-24)35-19-34-26/h5-12,15,17H,3-4,13-14,16,18-19H2,1-2H3,(H,31,33). The van der Waals surface area contributed by atoms with Crippen molar-refractivity contribution in [1.29, 1.82) is 0 Å². The second-order valence-electron chi connectivity index (χ2n) is 9.62. The first-order valence-electron chi connectivity index (χ1n) is 12.4. The zero-order valence-corrected chi connectivity index (χ0v) is 20.4. The molecule has 1 heterocycles. The maximum absolute atomic E-state index is 13.4. The molecule has 5 rings (SSSR count). The summed E-state index contributed by atoms with van der Waals surface area (Å²) in [7, 11) is 0. The van der Waals surface area contributed by atoms with Crippen molar-refractivity contribution < 1.29 is 19.1 Å². The maximum atomic E-state index is 13.4. The molecule has 0 bridgehead atoms. The molecule has 180 valence electrons. The molecule has 0 unspecified atom stereocenters. The molecule has 0 radical (unpaired) electrons. The fraction of sp³-hybridized carbons (Fsp3) is 0.333. The van der Waals surface area contributed by atoms with Crippen molar-refractivity contribution >= 4 is 11.7 Å². The molecule has 3 aromatic carbocycles. The maximum Gasteiger partial charge on any atom is 0.231 e. The van der Waals surface area contributed by atoms with Crippen molar-refractivity contribution in [2.75, 3.05) is 6.79 Å². The minimum absolute atomic E-state index is 0.0824. The molecule has 1 amide bonds. The number of hydrogen-bond acceptors (Lipinski definition) is 4. The van der Waals surface area contributed by atoms with E-state index in [2.05, 4.69) is 54.7 Å². The Morgan fingerprint density at radius 3 is 2.40 bits per heavy atom. The highest BCUT2D eigenvalue weighted by Crippen LogP contribution is 2.51. The van der Waals surface area contributed by atoms with E-state index in [0.29, 0.717) is 19.4 Å². The Hall–Kier alpha value is -3.60. The Morgan fingerprint density at radius 1 is 0.914 bits per heavy atom. The number of carbonyl (C=O) groups is 2. The molecule has 1 N–H and O–H groups in total. The number of aryl methyl sites for hydroxylation is 1. The third-order valence-corrected chi connectivity index (χ3v) is 7.11. The van der Waals surface area contributed by atoms with Crippen LogP contribution >= 0.6 is 0 Å². The van der Waals surface area contributed by atoms with Gasteiger partial charge < -0.3 is 14.8 Å². The lowest BCUT2D eigenvalue weighted by Gasteiger charge is -2.16. The fourth-order valence-corrected chi connectivity index (χ4v) is 4.81. The van der Waals surface area contributed by atoms with Gasteiger partial charge in [0.15, 0.2) is 11.5 Å². The minimum Gasteiger partial charge on any atom is -0.454 e. The van der Waals surface area contributed by atoms with E-state index >= 15 is 0 Å². The number of benzene rings is 3. The minimum atomic E-state index is -0.407. The van der Waals surface area contributed by atoms with Crippen LogP contribution in [0.4, 0.5) is 0 Å². The van der Waals surface area contributed by atoms with E-state index in [1.807, 2.05) is 25.1 Å². The van der Waals surface area contributed by atoms with Gasteiger partial charge in [0.1, 0.15) is 5.78 Å². The average molecular weight is 470 g/mol. The zero-order valence-electron chi connectivity index (χ0n) is 20.4. The Kier molecular flexibility index (Phi) is 6.33. The number of amides is 1. The van der Waals surface area contributed by atoms with Crippen LogP contribution in [0.25, 0.3) is 11.1 Å². The Bertz CT molecular complexity index is 1260. The van der Waals surface area contributed by atoms with Crippen LogP contribution in [0.2, 0.25) is 0 Å². The monoisotopic (exact) mass is 469 g/mol. The van der Waals surface area contributed by atoms with E-state index in [9.17, 15) is 9.59 Å². The van der Waals surface area contributed by atoms with Gasteiger partial charge in [0.25, 0.3) is 0 Å². The van der Waals surface area contributed by atoms with Gasteiger partial charge in [-0.05, 0) is 71.7 Å². The zero-order chi connectivity index (χ0) is 24.4. The number of hydrogen-bond donors (Lipinski definition) is 1. The summed E-state index contributed by atoms with van der Waals surface area (Å²) in [5.74, 6) is 1.81. The Balaban J connectivity index is 1.30. The normalized spacial score (nSPS) is 15.0. The van der Waals surface area contributed by atoms with E-state index in [1.54, 1.807) is 0 Å². The quantitative estimate of drug-likeness (QED) is 0.440. The molecule has 0 saturated heterocycles. The van der Waals surface area contributed by atoms with Gasteiger partial charge in [0, 0.05) is 19.4 Å². The summed E-state index contributed by atoms with van der Waals surface area (Å²) in [5, 5.41) is 2.96. The van der Waals surface area contributed by atoms with Gasteiger partial charge >= 0.3 is 0 Å². The second-order valence-corrected chi connectivity index (χ2v) is 9.62. The van der Waals surface area contributed by atoms with E-state index in [-0.39, 0.29) is 18.5 Å². The first kappa shape index (κ1) is 23.2. The van der Waals surface area contributed by atoms with Crippen molar-refractivity contribution in [3.8, 4) is 22.6 Å². The molecule has 1 aliphatic carbocycles. The number of ketones is 1. The van der Waals surface area contributed by atoms with Crippen LogP contribution in [0.15, 0.2) is 60.7 Å². The van der Waals surface area contributed by atoms with Crippen LogP contribution in [-0.2, 0) is 28.0 Å². The van der Waals surface area contributed by atoms with Gasteiger partial charge in [-0.25, -0.2) is 0 Å². The smallest absolute Gasteiger partial charge is 0.231 e. The topological polar surface area (TPSA) is 64.6 Å². The molecule has 5 heteroatoms. The highest BCUT2D eigenvalue weighted by atomic mass is 16.7. The second kappa shape index (κ2) is 9.57. The molecular formula is C30H31NO4. The van der Waals surface area contributed by atoms with E-state index in [1.165, 1.54) is 5.56 Å². The molecule has 5 nitrogen and oxygen atoms in total. The van der Waals surface area contributed by atoms with Gasteiger partial charge in [0.2, 0.25) is 12.7 Å². The predicted octanol–water partition coefficient (Wildman–Crippen LogP) is 5.65. The molecule has 1 aliphatic heterocycles. The summed E-state index contributed by atoms with van der Waals surface area (Å²) >= 11 is 0. The lowest BCUT2D eigenvalue weighted by molar-refractivity contribution is -0.121. The number of fused-ring (bicyclic) bond motifs is 1. The third-order valence-electron chi connectivity index (χ3n) is 7.11. The first-order valence-corrected chi connectivity index (χ1v) is 12.4. The van der Waals surface area contributed by atoms with Crippen LogP contribution in [-0.4, -0.2) is 18.5 Å². The Morgan fingerprint density at radius 2 is 1.66 bits per heavy atom. The molecule has 3 aromatic rings. The molecule has 1 fully saturated rings. The van der Waals surface area contributed by atoms with Gasteiger partial charge in [0.05, 0.1) is 5.41 Å². The summed E-state index contributed by atoms with van der Waals surface area (Å²) < 4.78 is 11.0. The van der Waals surface area contributed by atoms with E-state index < -0.39 is 5.41 Å². The van der Waals surface area contributed by atoms with Crippen LogP contribution in [0.1, 0.15) is 54.9 Å². The summed E-state index contributed by atoms with van der Waals surface area (Å²) in [4.78, 5) is 25.2. The van der Waals surface area contributed by atoms with Crippen LogP contribution < -0.4 is 14.8 Å². The molecule has 2 aliphatic rings. The van der Waals surface area contributed by atoms with E-state index in [4.69, 9.17) is 9.47 Å². The van der Waals surface area contributed by atoms with Crippen LogP contribution in [0.3, 0.4) is 0 Å². The lowest BCUT2D eigenvalue weighted by atomic mass is 9.87. The van der Waals surface area contributed by atoms with Crippen LogP contribution in [0.5, 0.6) is 11.5 Å². The van der Waals surface area contributed by atoms with Crippen molar-refractivity contribution in [1.82, 2.24) is 5.32 Å². The van der Waals surface area contributed by atoms with Gasteiger partial charge in [-0.15, -0.1) is 0 Å². The van der Waals surface area contributed by atoms with Crippen molar-refractivity contribution in [2.24, 2.45) is 0 Å². The van der Waals surface area contributed by atoms with Crippen molar-refractivity contribution in [3.63, 3.8) is 0 Å². The van der Waals surface area contributed by atoms with Crippen molar-refractivity contribution in [3.05, 3.63) is 82.9 Å². The summed E-state index contributed by atoms with van der Waals surface area (Å²) in [6.45, 7) is 4.87. The lowest BCUT2D eigenvalue weighted by Crippen LogP contribution is -2.22. The largest absolute Gasteiger partial charge is 0.454 e. The summed E-state index contributed by atoms with van der Waals surface area (Å²) in [6, 6.07) is 20.5. The predicted molar refractivity (Wildman–Crippen MR) is 136 cm³/mol. The highest BCUT2D eigenvalue weighted by Gasteiger charge is 2.50. The van der Waals surface area contributed by atoms with Gasteiger partial charge in [-0.1, -0.05) is 55.5 Å². The summed E-state index contributed by atoms with van der Waals surface area (Å²) in [6.07, 6.45) is 3.56. The van der Waals surface area contributed by atoms with Gasteiger partial charge in [-0.2, -0.15) is 0 Å². The molecular weight excluding hydrogens is 438 g/mol. The number of rotatable bonds is 9. The SMILES string of the molecule is CCCC(=O)NCc1ccc(-c2cc(CC(=O)C3(c4ccc5c(c4)OCO5)CC3)ccc2C)cc1. The number of Topliss-reactive ketones (excluding diaryl/α,β-unsaturated/α-hetero) is 1. The Labute approximate surface area is 206 Å². The number of carbonyl (C=O) groups excluding carboxylic acids is 2. The van der Waals surface area contributed by atoms with Crippen LogP contribution in [0, 0.1) is 6.92 Å². The number of ether oxygens (including phenoxy) is 2. The molecule has 0 spiro atoms. The summed E-state index contributed by atoms with van der Waals surface area (Å²) in [5.41, 5.74) is 6.13. The molecule has 0 aromatic heterocycles. The highest BCUT2D eigenvalue weighted by molar-refractivity contribution is 5.95. The van der Waals surface area contributed by atoms with E-state index in [0.717, 1.165) is 58.6 Å². The molecule has 0 atom stereocenters. The number of nitrogens with one attached hydrogen (secondary N) is 1. The average Bonchev–Trinajstić information content (AvgIpc) is 3.55. The van der Waals surface area contributed by atoms with Crippen molar-refractivity contribution in [2.45, 2.75) is 57.9 Å². The molecule has 35 heavy (non-hydrogen) atoms. The van der Waals surface area contributed by atoms with Gasteiger partial charge in [-0.3, -0.25) is 9.59 Å². The first-order chi connectivity index (χ1) is 17.0.